The van der Waals surface area contributed by atoms with Crippen LogP contribution in [0, 0.1) is 0 Å². The van der Waals surface area contributed by atoms with E-state index >= 15 is 0 Å². The number of hydrogen-bond donors (Lipinski definition) is 1. The fourth-order valence-electron chi connectivity index (χ4n) is 3.33. The molecule has 0 radical (unpaired) electrons. The highest BCUT2D eigenvalue weighted by molar-refractivity contribution is 5.78. The van der Waals surface area contributed by atoms with Crippen molar-refractivity contribution in [1.29, 1.82) is 0 Å². The van der Waals surface area contributed by atoms with E-state index in [4.69, 9.17) is 9.47 Å². The van der Waals surface area contributed by atoms with Crippen LogP contribution in [0.5, 0.6) is 0 Å². The van der Waals surface area contributed by atoms with Gasteiger partial charge in [-0.05, 0) is 11.1 Å². The molecule has 2 aliphatic rings. The van der Waals surface area contributed by atoms with Crippen molar-refractivity contribution in [3.63, 3.8) is 0 Å². The number of aliphatic imine (C=N–C) groups is 2. The number of ether oxygens (including phenoxy) is 2. The van der Waals surface area contributed by atoms with Crippen LogP contribution >= 0.6 is 0 Å². The van der Waals surface area contributed by atoms with Gasteiger partial charge in [0, 0.05) is 25.9 Å². The maximum atomic E-state index is 5.72. The minimum absolute atomic E-state index is 0.136. The molecule has 1 N–H and O–H groups in total. The predicted molar refractivity (Wildman–Crippen MR) is 107 cm³/mol. The Morgan fingerprint density at radius 2 is 1.15 bits per heavy atom. The number of hydrogen-bond acceptors (Lipinski definition) is 5. The average Bonchev–Trinajstić information content (AvgIpc) is 3.39. The van der Waals surface area contributed by atoms with E-state index < -0.39 is 0 Å². The van der Waals surface area contributed by atoms with Crippen molar-refractivity contribution in [3.8, 4) is 0 Å². The molecule has 0 fully saturated rings. The van der Waals surface area contributed by atoms with Crippen LogP contribution < -0.4 is 5.32 Å². The zero-order chi connectivity index (χ0) is 18.3. The molecular weight excluding hydrogens is 338 g/mol. The lowest BCUT2D eigenvalue weighted by atomic mass is 10.1. The smallest absolute Gasteiger partial charge is 0.185 e. The third kappa shape index (κ3) is 4.74. The maximum absolute atomic E-state index is 5.72. The molecule has 2 heterocycles. The summed E-state index contributed by atoms with van der Waals surface area (Å²) in [7, 11) is 0. The Balaban J connectivity index is 1.16. The molecule has 0 saturated heterocycles. The summed E-state index contributed by atoms with van der Waals surface area (Å²) in [4.78, 5) is 9.37. The molecule has 0 spiro atoms. The van der Waals surface area contributed by atoms with E-state index in [1.165, 1.54) is 11.1 Å². The second-order valence-corrected chi connectivity index (χ2v) is 6.77. The van der Waals surface area contributed by atoms with Gasteiger partial charge in [0.05, 0.1) is 0 Å². The molecule has 2 aromatic rings. The molecule has 0 aromatic heterocycles. The predicted octanol–water partition coefficient (Wildman–Crippen LogP) is 3.70. The van der Waals surface area contributed by atoms with E-state index in [0.717, 1.165) is 37.7 Å². The molecule has 2 aliphatic heterocycles. The van der Waals surface area contributed by atoms with Crippen molar-refractivity contribution in [2.24, 2.45) is 9.98 Å². The number of nitrogens with one attached hydrogen (secondary N) is 1. The Kier molecular flexibility index (Phi) is 5.80. The minimum atomic E-state index is 0.136. The van der Waals surface area contributed by atoms with Crippen LogP contribution in [0.1, 0.15) is 36.1 Å². The molecule has 4 rings (SSSR count). The van der Waals surface area contributed by atoms with E-state index in [2.05, 4.69) is 39.6 Å². The van der Waals surface area contributed by atoms with E-state index in [-0.39, 0.29) is 12.1 Å². The first-order chi connectivity index (χ1) is 13.4. The first kappa shape index (κ1) is 17.7. The molecule has 2 atom stereocenters. The first-order valence-electron chi connectivity index (χ1n) is 9.58. The van der Waals surface area contributed by atoms with Crippen molar-refractivity contribution >= 4 is 11.8 Å². The number of benzene rings is 2. The van der Waals surface area contributed by atoms with Gasteiger partial charge in [0.25, 0.3) is 0 Å². The van der Waals surface area contributed by atoms with Crippen molar-refractivity contribution in [3.05, 3.63) is 71.8 Å². The number of nitrogens with zero attached hydrogens (tertiary/aromatic N) is 2. The summed E-state index contributed by atoms with van der Waals surface area (Å²) in [5, 5.41) is 3.43. The molecule has 27 heavy (non-hydrogen) atoms. The Labute approximate surface area is 160 Å². The van der Waals surface area contributed by atoms with Crippen LogP contribution in [0.4, 0.5) is 0 Å². The van der Waals surface area contributed by atoms with Gasteiger partial charge in [-0.25, -0.2) is 9.98 Å². The first-order valence-corrected chi connectivity index (χ1v) is 9.58. The summed E-state index contributed by atoms with van der Waals surface area (Å²) < 4.78 is 11.4. The highest BCUT2D eigenvalue weighted by Gasteiger charge is 2.21. The quantitative estimate of drug-likeness (QED) is 0.728. The van der Waals surface area contributed by atoms with Crippen LogP contribution in [0.15, 0.2) is 70.6 Å². The summed E-state index contributed by atoms with van der Waals surface area (Å²) in [6.45, 7) is 2.97. The third-order valence-electron chi connectivity index (χ3n) is 4.82. The Morgan fingerprint density at radius 1 is 0.704 bits per heavy atom. The largest absolute Gasteiger partial charge is 0.478 e. The fourth-order valence-corrected chi connectivity index (χ4v) is 3.33. The Hall–Kier alpha value is -2.66. The lowest BCUT2D eigenvalue weighted by molar-refractivity contribution is 0.309. The van der Waals surface area contributed by atoms with Gasteiger partial charge >= 0.3 is 0 Å². The van der Waals surface area contributed by atoms with Gasteiger partial charge in [0.1, 0.15) is 25.3 Å². The molecule has 0 aliphatic carbocycles. The van der Waals surface area contributed by atoms with Gasteiger partial charge < -0.3 is 14.8 Å². The molecule has 0 unspecified atom stereocenters. The summed E-state index contributed by atoms with van der Waals surface area (Å²) in [5.74, 6) is 1.69. The molecule has 0 saturated carbocycles. The highest BCUT2D eigenvalue weighted by Crippen LogP contribution is 2.24. The monoisotopic (exact) mass is 363 g/mol. The second-order valence-electron chi connectivity index (χ2n) is 6.77. The normalized spacial score (nSPS) is 21.3. The van der Waals surface area contributed by atoms with Gasteiger partial charge in [-0.2, -0.15) is 0 Å². The summed E-state index contributed by atoms with van der Waals surface area (Å²) in [6.07, 6.45) is 1.62. The van der Waals surface area contributed by atoms with Crippen molar-refractivity contribution in [1.82, 2.24) is 5.32 Å². The van der Waals surface area contributed by atoms with Gasteiger partial charge in [-0.1, -0.05) is 60.7 Å². The maximum Gasteiger partial charge on any atom is 0.185 e. The van der Waals surface area contributed by atoms with Crippen LogP contribution in [-0.2, 0) is 9.47 Å². The van der Waals surface area contributed by atoms with Crippen molar-refractivity contribution in [2.75, 3.05) is 26.3 Å². The van der Waals surface area contributed by atoms with Crippen molar-refractivity contribution in [2.45, 2.75) is 24.9 Å². The highest BCUT2D eigenvalue weighted by atomic mass is 16.5. The summed E-state index contributed by atoms with van der Waals surface area (Å²) >= 11 is 0. The van der Waals surface area contributed by atoms with Crippen LogP contribution in [0.3, 0.4) is 0 Å². The second kappa shape index (κ2) is 8.82. The zero-order valence-corrected chi connectivity index (χ0v) is 15.4. The fraction of sp³-hybridized carbons (Fsp3) is 0.364. The van der Waals surface area contributed by atoms with Gasteiger partial charge in [0.15, 0.2) is 11.8 Å². The molecule has 2 aromatic carbocycles. The topological polar surface area (TPSA) is 55.2 Å². The Morgan fingerprint density at radius 3 is 1.59 bits per heavy atom. The summed E-state index contributed by atoms with van der Waals surface area (Å²) in [6, 6.07) is 20.9. The Bertz CT molecular complexity index is 722. The standard InChI is InChI=1S/C22H25N3O2/c1-3-7-17(8-4-1)19-15-26-21(24-19)11-13-23-14-12-22-25-20(16-27-22)18-9-5-2-6-10-18/h1-10,19-20,23H,11-16H2/t19-,20-/m0/s1. The van der Waals surface area contributed by atoms with Gasteiger partial charge in [0.2, 0.25) is 0 Å². The van der Waals surface area contributed by atoms with Crippen LogP contribution in [0.25, 0.3) is 0 Å². The zero-order valence-electron chi connectivity index (χ0n) is 15.4. The summed E-state index contributed by atoms with van der Waals surface area (Å²) in [5.41, 5.74) is 2.43. The molecule has 5 nitrogen and oxygen atoms in total. The van der Waals surface area contributed by atoms with E-state index in [1.54, 1.807) is 0 Å². The van der Waals surface area contributed by atoms with Crippen molar-refractivity contribution < 1.29 is 9.47 Å². The van der Waals surface area contributed by atoms with E-state index in [9.17, 15) is 0 Å². The third-order valence-corrected chi connectivity index (χ3v) is 4.82. The molecule has 5 heteroatoms. The minimum Gasteiger partial charge on any atom is -0.478 e. The molecular formula is C22H25N3O2. The van der Waals surface area contributed by atoms with Crippen LogP contribution in [-0.4, -0.2) is 38.1 Å². The average molecular weight is 363 g/mol. The lowest BCUT2D eigenvalue weighted by Gasteiger charge is -2.05. The lowest BCUT2D eigenvalue weighted by Crippen LogP contribution is -2.21. The van der Waals surface area contributed by atoms with Gasteiger partial charge in [-0.15, -0.1) is 0 Å². The SMILES string of the molecule is c1ccc([C@@H]2COC(CCNCCC3=N[C@H](c4ccccc4)CO3)=N2)cc1. The van der Waals surface area contributed by atoms with Gasteiger partial charge in [-0.3, -0.25) is 0 Å². The number of rotatable bonds is 8. The molecule has 0 amide bonds. The van der Waals surface area contributed by atoms with E-state index in [1.807, 2.05) is 36.4 Å². The molecule has 0 bridgehead atoms. The molecule has 140 valence electrons. The van der Waals surface area contributed by atoms with E-state index in [0.29, 0.717) is 13.2 Å². The van der Waals surface area contributed by atoms with Crippen LogP contribution in [0.2, 0.25) is 0 Å².